The fourth-order valence-corrected chi connectivity index (χ4v) is 7.05. The molecular formula is C21H35N3O2. The van der Waals surface area contributed by atoms with Crippen molar-refractivity contribution in [2.45, 2.75) is 70.3 Å². The van der Waals surface area contributed by atoms with Crippen LogP contribution in [0, 0.1) is 29.1 Å². The van der Waals surface area contributed by atoms with Crippen molar-refractivity contribution in [3.05, 3.63) is 0 Å². The minimum atomic E-state index is 0.0872. The number of carbonyl (C=O) groups is 2. The molecule has 0 atom stereocenters. The third-order valence-corrected chi connectivity index (χ3v) is 7.76. The zero-order valence-electron chi connectivity index (χ0n) is 16.4. The summed E-state index contributed by atoms with van der Waals surface area (Å²) in [5, 5.41) is 5.98. The van der Waals surface area contributed by atoms with Gasteiger partial charge < -0.3 is 15.5 Å². The standard InChI is InChI=1S/C21H35N3O2/c1-22-19(25)17-3-5-18(6-4-17)23-20(26)24(2)13-21-10-14-7-15(11-21)9-16(8-14)12-21/h14-18H,3-13H2,1-2H3,(H,22,25)(H,23,26). The molecule has 2 N–H and O–H groups in total. The number of nitrogens with one attached hydrogen (secondary N) is 2. The molecular weight excluding hydrogens is 326 g/mol. The van der Waals surface area contributed by atoms with Crippen molar-refractivity contribution >= 4 is 11.9 Å². The van der Waals surface area contributed by atoms with Gasteiger partial charge in [0.25, 0.3) is 0 Å². The van der Waals surface area contributed by atoms with Gasteiger partial charge in [-0.25, -0.2) is 4.79 Å². The van der Waals surface area contributed by atoms with Crippen molar-refractivity contribution in [2.24, 2.45) is 29.1 Å². The molecule has 0 spiro atoms. The highest BCUT2D eigenvalue weighted by molar-refractivity contribution is 5.78. The first-order valence-corrected chi connectivity index (χ1v) is 10.7. The van der Waals surface area contributed by atoms with Crippen LogP contribution in [-0.4, -0.2) is 43.5 Å². The zero-order chi connectivity index (χ0) is 18.3. The highest BCUT2D eigenvalue weighted by atomic mass is 16.2. The van der Waals surface area contributed by atoms with Gasteiger partial charge in [-0.3, -0.25) is 4.79 Å². The van der Waals surface area contributed by atoms with Crippen LogP contribution in [0.1, 0.15) is 64.2 Å². The molecule has 5 nitrogen and oxygen atoms in total. The second kappa shape index (κ2) is 7.05. The van der Waals surface area contributed by atoms with Crippen molar-refractivity contribution in [3.63, 3.8) is 0 Å². The number of urea groups is 1. The maximum Gasteiger partial charge on any atom is 0.317 e. The van der Waals surface area contributed by atoms with Gasteiger partial charge in [0.2, 0.25) is 5.91 Å². The van der Waals surface area contributed by atoms with Gasteiger partial charge in [0.05, 0.1) is 0 Å². The van der Waals surface area contributed by atoms with Gasteiger partial charge in [-0.05, 0) is 87.4 Å². The quantitative estimate of drug-likeness (QED) is 0.808. The summed E-state index contributed by atoms with van der Waals surface area (Å²) in [6.07, 6.45) is 11.9. The Morgan fingerprint density at radius 2 is 1.50 bits per heavy atom. The van der Waals surface area contributed by atoms with Crippen molar-refractivity contribution in [2.75, 3.05) is 20.6 Å². The molecule has 26 heavy (non-hydrogen) atoms. The van der Waals surface area contributed by atoms with E-state index in [1.54, 1.807) is 7.05 Å². The van der Waals surface area contributed by atoms with Gasteiger partial charge in [-0.2, -0.15) is 0 Å². The van der Waals surface area contributed by atoms with Crippen LogP contribution in [0.15, 0.2) is 0 Å². The molecule has 0 aromatic rings. The molecule has 5 aliphatic rings. The normalized spacial score (nSPS) is 40.9. The SMILES string of the molecule is CNC(=O)C1CCC(NC(=O)N(C)CC23CC4CC(CC(C4)C2)C3)CC1. The number of nitrogens with zero attached hydrogens (tertiary/aromatic N) is 1. The van der Waals surface area contributed by atoms with E-state index in [2.05, 4.69) is 10.6 Å². The van der Waals surface area contributed by atoms with E-state index < -0.39 is 0 Å². The second-order valence-corrected chi connectivity index (χ2v) is 9.89. The molecule has 5 heteroatoms. The van der Waals surface area contributed by atoms with E-state index >= 15 is 0 Å². The summed E-state index contributed by atoms with van der Waals surface area (Å²) >= 11 is 0. The number of hydrogen-bond donors (Lipinski definition) is 2. The lowest BCUT2D eigenvalue weighted by Gasteiger charge is -2.57. The van der Waals surface area contributed by atoms with E-state index in [1.165, 1.54) is 38.5 Å². The third kappa shape index (κ3) is 3.59. The van der Waals surface area contributed by atoms with Gasteiger partial charge in [0, 0.05) is 32.6 Å². The van der Waals surface area contributed by atoms with Gasteiger partial charge in [-0.1, -0.05) is 0 Å². The molecule has 0 heterocycles. The van der Waals surface area contributed by atoms with Crippen molar-refractivity contribution in [1.29, 1.82) is 0 Å². The first kappa shape index (κ1) is 18.1. The molecule has 0 aliphatic heterocycles. The lowest BCUT2D eigenvalue weighted by Crippen LogP contribution is -2.53. The average Bonchev–Trinajstić information content (AvgIpc) is 2.60. The third-order valence-electron chi connectivity index (χ3n) is 7.76. The Morgan fingerprint density at radius 1 is 0.962 bits per heavy atom. The second-order valence-electron chi connectivity index (χ2n) is 9.89. The molecule has 0 radical (unpaired) electrons. The summed E-state index contributed by atoms with van der Waals surface area (Å²) in [4.78, 5) is 26.4. The Balaban J connectivity index is 1.27. The van der Waals surface area contributed by atoms with Crippen LogP contribution in [0.4, 0.5) is 4.79 Å². The highest BCUT2D eigenvalue weighted by Gasteiger charge is 2.51. The molecule has 5 rings (SSSR count). The lowest BCUT2D eigenvalue weighted by molar-refractivity contribution is -0.125. The van der Waals surface area contributed by atoms with Crippen LogP contribution >= 0.6 is 0 Å². The molecule has 4 bridgehead atoms. The van der Waals surface area contributed by atoms with E-state index in [4.69, 9.17) is 0 Å². The van der Waals surface area contributed by atoms with Crippen LogP contribution in [0.25, 0.3) is 0 Å². The molecule has 5 saturated carbocycles. The van der Waals surface area contributed by atoms with E-state index in [1.807, 2.05) is 11.9 Å². The van der Waals surface area contributed by atoms with Crippen LogP contribution in [0.3, 0.4) is 0 Å². The van der Waals surface area contributed by atoms with E-state index in [-0.39, 0.29) is 23.9 Å². The fourth-order valence-electron chi connectivity index (χ4n) is 7.05. The number of hydrogen-bond acceptors (Lipinski definition) is 2. The molecule has 0 saturated heterocycles. The maximum absolute atomic E-state index is 12.7. The Kier molecular flexibility index (Phi) is 4.91. The first-order chi connectivity index (χ1) is 12.5. The van der Waals surface area contributed by atoms with E-state index in [0.717, 1.165) is 50.0 Å². The van der Waals surface area contributed by atoms with Crippen molar-refractivity contribution in [3.8, 4) is 0 Å². The fraction of sp³-hybridized carbons (Fsp3) is 0.905. The predicted octanol–water partition coefficient (Wildman–Crippen LogP) is 3.15. The van der Waals surface area contributed by atoms with Gasteiger partial charge >= 0.3 is 6.03 Å². The summed E-state index contributed by atoms with van der Waals surface area (Å²) in [7, 11) is 3.68. The van der Waals surface area contributed by atoms with E-state index in [0.29, 0.717) is 5.41 Å². The molecule has 0 aromatic carbocycles. The molecule has 5 fully saturated rings. The van der Waals surface area contributed by atoms with Crippen LogP contribution < -0.4 is 10.6 Å². The van der Waals surface area contributed by atoms with Crippen molar-refractivity contribution in [1.82, 2.24) is 15.5 Å². The number of rotatable bonds is 4. The summed E-state index contributed by atoms with van der Waals surface area (Å²) in [6.45, 7) is 0.927. The minimum absolute atomic E-state index is 0.0872. The Labute approximate surface area is 157 Å². The maximum atomic E-state index is 12.7. The minimum Gasteiger partial charge on any atom is -0.359 e. The highest BCUT2D eigenvalue weighted by Crippen LogP contribution is 2.60. The summed E-state index contributed by atoms with van der Waals surface area (Å²) < 4.78 is 0. The molecule has 0 unspecified atom stereocenters. The van der Waals surface area contributed by atoms with Crippen molar-refractivity contribution < 1.29 is 9.59 Å². The summed E-state index contributed by atoms with van der Waals surface area (Å²) in [5.41, 5.74) is 0.401. The first-order valence-electron chi connectivity index (χ1n) is 10.7. The zero-order valence-corrected chi connectivity index (χ0v) is 16.4. The molecule has 5 aliphatic carbocycles. The van der Waals surface area contributed by atoms with Gasteiger partial charge in [0.1, 0.15) is 0 Å². The van der Waals surface area contributed by atoms with E-state index in [9.17, 15) is 9.59 Å². The average molecular weight is 362 g/mol. The van der Waals surface area contributed by atoms with Crippen LogP contribution in [0.2, 0.25) is 0 Å². The van der Waals surface area contributed by atoms with Gasteiger partial charge in [0.15, 0.2) is 0 Å². The summed E-state index contributed by atoms with van der Waals surface area (Å²) in [6, 6.07) is 0.311. The van der Waals surface area contributed by atoms with Crippen LogP contribution in [-0.2, 0) is 4.79 Å². The number of amides is 3. The van der Waals surface area contributed by atoms with Crippen LogP contribution in [0.5, 0.6) is 0 Å². The van der Waals surface area contributed by atoms with Gasteiger partial charge in [-0.15, -0.1) is 0 Å². The smallest absolute Gasteiger partial charge is 0.317 e. The Hall–Kier alpha value is -1.26. The summed E-state index contributed by atoms with van der Waals surface area (Å²) in [5.74, 6) is 3.06. The number of carbonyl (C=O) groups excluding carboxylic acids is 2. The monoisotopic (exact) mass is 361 g/mol. The predicted molar refractivity (Wildman–Crippen MR) is 102 cm³/mol. The molecule has 0 aromatic heterocycles. The Bertz CT molecular complexity index is 518. The largest absolute Gasteiger partial charge is 0.359 e. The lowest BCUT2D eigenvalue weighted by atomic mass is 9.49. The molecule has 146 valence electrons. The topological polar surface area (TPSA) is 61.4 Å². The Morgan fingerprint density at radius 3 is 2.00 bits per heavy atom. The molecule has 3 amide bonds.